The third-order valence-electron chi connectivity index (χ3n) is 6.16. The molecule has 1 saturated heterocycles. The number of rotatable bonds is 5. The van der Waals surface area contributed by atoms with Gasteiger partial charge in [-0.3, -0.25) is 4.79 Å². The van der Waals surface area contributed by atoms with Crippen molar-refractivity contribution in [2.75, 3.05) is 24.6 Å². The summed E-state index contributed by atoms with van der Waals surface area (Å²) in [6.45, 7) is 2.26. The molecule has 0 spiro atoms. The first-order valence-electron chi connectivity index (χ1n) is 9.72. The summed E-state index contributed by atoms with van der Waals surface area (Å²) in [5.41, 5.74) is 1.71. The van der Waals surface area contributed by atoms with Crippen LogP contribution >= 0.6 is 0 Å². The summed E-state index contributed by atoms with van der Waals surface area (Å²) in [7, 11) is 0. The summed E-state index contributed by atoms with van der Waals surface area (Å²) >= 11 is 0. The third kappa shape index (κ3) is 3.38. The molecular weight excluding hydrogens is 338 g/mol. The van der Waals surface area contributed by atoms with Crippen LogP contribution in [0.1, 0.15) is 36.8 Å². The van der Waals surface area contributed by atoms with Crippen LogP contribution in [0.15, 0.2) is 47.4 Å². The Labute approximate surface area is 159 Å². The van der Waals surface area contributed by atoms with Crippen LogP contribution in [0.25, 0.3) is 0 Å². The minimum atomic E-state index is -0.245. The highest BCUT2D eigenvalue weighted by atomic mass is 16.3. The Morgan fingerprint density at radius 3 is 2.44 bits per heavy atom. The quantitative estimate of drug-likeness (QED) is 0.887. The summed E-state index contributed by atoms with van der Waals surface area (Å²) in [6, 6.07) is 14.2. The van der Waals surface area contributed by atoms with E-state index in [1.807, 2.05) is 30.5 Å². The SMILES string of the molecule is N#Cc1c(N2CCC(CO)(c3ccccc3)CC2)ccn(CC2CC2)c1=O. The van der Waals surface area contributed by atoms with Gasteiger partial charge in [-0.25, -0.2) is 0 Å². The fourth-order valence-electron chi connectivity index (χ4n) is 4.16. The van der Waals surface area contributed by atoms with Gasteiger partial charge in [0.1, 0.15) is 11.6 Å². The van der Waals surface area contributed by atoms with Gasteiger partial charge in [-0.2, -0.15) is 5.26 Å². The highest BCUT2D eigenvalue weighted by Crippen LogP contribution is 2.37. The number of aliphatic hydroxyl groups excluding tert-OH is 1. The van der Waals surface area contributed by atoms with Crippen molar-refractivity contribution < 1.29 is 5.11 Å². The number of benzene rings is 1. The molecule has 1 aliphatic carbocycles. The number of aromatic nitrogens is 1. The van der Waals surface area contributed by atoms with Gasteiger partial charge in [-0.1, -0.05) is 30.3 Å². The molecule has 1 saturated carbocycles. The molecule has 2 aliphatic rings. The fraction of sp³-hybridized carbons (Fsp3) is 0.455. The van der Waals surface area contributed by atoms with E-state index in [-0.39, 0.29) is 23.1 Å². The summed E-state index contributed by atoms with van der Waals surface area (Å²) in [4.78, 5) is 14.8. The number of hydrogen-bond acceptors (Lipinski definition) is 4. The summed E-state index contributed by atoms with van der Waals surface area (Å²) in [5.74, 6) is 0.589. The molecule has 0 bridgehead atoms. The van der Waals surface area contributed by atoms with E-state index in [4.69, 9.17) is 0 Å². The lowest BCUT2D eigenvalue weighted by atomic mass is 9.73. The molecule has 0 amide bonds. The Balaban J connectivity index is 1.57. The monoisotopic (exact) mass is 363 g/mol. The highest BCUT2D eigenvalue weighted by Gasteiger charge is 2.36. The van der Waals surface area contributed by atoms with Gasteiger partial charge in [0.2, 0.25) is 0 Å². The molecule has 1 aromatic carbocycles. The molecule has 1 aliphatic heterocycles. The van der Waals surface area contributed by atoms with E-state index in [0.717, 1.165) is 43.7 Å². The third-order valence-corrected chi connectivity index (χ3v) is 6.16. The van der Waals surface area contributed by atoms with E-state index >= 15 is 0 Å². The van der Waals surface area contributed by atoms with Crippen molar-refractivity contribution in [3.05, 3.63) is 64.1 Å². The Kier molecular flexibility index (Phi) is 4.75. The van der Waals surface area contributed by atoms with Crippen LogP contribution in [0.2, 0.25) is 0 Å². The molecule has 0 atom stereocenters. The van der Waals surface area contributed by atoms with Gasteiger partial charge < -0.3 is 14.6 Å². The van der Waals surface area contributed by atoms with Crippen molar-refractivity contribution in [3.8, 4) is 6.07 Å². The van der Waals surface area contributed by atoms with Gasteiger partial charge in [0.25, 0.3) is 5.56 Å². The number of nitrogens with zero attached hydrogens (tertiary/aromatic N) is 3. The normalized spacial score (nSPS) is 18.9. The van der Waals surface area contributed by atoms with Gasteiger partial charge in [0.05, 0.1) is 12.3 Å². The molecule has 5 heteroatoms. The molecule has 5 nitrogen and oxygen atoms in total. The van der Waals surface area contributed by atoms with Crippen molar-refractivity contribution in [1.82, 2.24) is 4.57 Å². The average molecular weight is 363 g/mol. The molecule has 1 N–H and O–H groups in total. The van der Waals surface area contributed by atoms with E-state index in [0.29, 0.717) is 5.92 Å². The Hall–Kier alpha value is -2.58. The molecule has 1 aromatic heterocycles. The molecule has 2 fully saturated rings. The number of pyridine rings is 1. The number of nitriles is 1. The molecular formula is C22H25N3O2. The number of hydrogen-bond donors (Lipinski definition) is 1. The molecule has 0 unspecified atom stereocenters. The predicted molar refractivity (Wildman–Crippen MR) is 105 cm³/mol. The molecule has 140 valence electrons. The Morgan fingerprint density at radius 1 is 1.15 bits per heavy atom. The largest absolute Gasteiger partial charge is 0.395 e. The number of anilines is 1. The van der Waals surface area contributed by atoms with Crippen molar-refractivity contribution >= 4 is 5.69 Å². The topological polar surface area (TPSA) is 69.3 Å². The molecule has 2 aromatic rings. The van der Waals surface area contributed by atoms with Gasteiger partial charge in [0.15, 0.2) is 0 Å². The smallest absolute Gasteiger partial charge is 0.270 e. The lowest BCUT2D eigenvalue weighted by Gasteiger charge is -2.42. The van der Waals surface area contributed by atoms with Crippen molar-refractivity contribution in [2.24, 2.45) is 5.92 Å². The van der Waals surface area contributed by atoms with E-state index in [2.05, 4.69) is 23.1 Å². The van der Waals surface area contributed by atoms with Crippen molar-refractivity contribution in [1.29, 1.82) is 5.26 Å². The first-order valence-corrected chi connectivity index (χ1v) is 9.72. The fourth-order valence-corrected chi connectivity index (χ4v) is 4.16. The maximum absolute atomic E-state index is 12.7. The van der Waals surface area contributed by atoms with Gasteiger partial charge in [-0.05, 0) is 43.2 Å². The van der Waals surface area contributed by atoms with Crippen LogP contribution in [0, 0.1) is 17.2 Å². The first-order chi connectivity index (χ1) is 13.2. The highest BCUT2D eigenvalue weighted by molar-refractivity contribution is 5.58. The number of aliphatic hydroxyl groups is 1. The second kappa shape index (κ2) is 7.21. The standard InChI is InChI=1S/C22H25N3O2/c23-14-19-20(8-11-25(21(19)27)15-17-6-7-17)24-12-9-22(16-26,10-13-24)18-4-2-1-3-5-18/h1-5,8,11,17,26H,6-7,9-10,12-13,15-16H2. The zero-order valence-corrected chi connectivity index (χ0v) is 15.5. The van der Waals surface area contributed by atoms with Crippen LogP contribution in [0.5, 0.6) is 0 Å². The van der Waals surface area contributed by atoms with Gasteiger partial charge in [-0.15, -0.1) is 0 Å². The van der Waals surface area contributed by atoms with E-state index in [1.165, 1.54) is 12.8 Å². The number of piperidine rings is 1. The van der Waals surface area contributed by atoms with Gasteiger partial charge in [0, 0.05) is 31.2 Å². The Morgan fingerprint density at radius 2 is 1.85 bits per heavy atom. The lowest BCUT2D eigenvalue weighted by molar-refractivity contribution is 0.165. The second-order valence-electron chi connectivity index (χ2n) is 7.88. The van der Waals surface area contributed by atoms with Crippen LogP contribution in [-0.2, 0) is 12.0 Å². The second-order valence-corrected chi connectivity index (χ2v) is 7.88. The summed E-state index contributed by atoms with van der Waals surface area (Å²) in [5, 5.41) is 19.7. The van der Waals surface area contributed by atoms with Crippen LogP contribution in [0.4, 0.5) is 5.69 Å². The summed E-state index contributed by atoms with van der Waals surface area (Å²) < 4.78 is 1.69. The molecule has 4 rings (SSSR count). The van der Waals surface area contributed by atoms with Crippen molar-refractivity contribution in [3.63, 3.8) is 0 Å². The van der Waals surface area contributed by atoms with Crippen LogP contribution < -0.4 is 10.5 Å². The maximum Gasteiger partial charge on any atom is 0.270 e. The van der Waals surface area contributed by atoms with E-state index in [1.54, 1.807) is 4.57 Å². The summed E-state index contributed by atoms with van der Waals surface area (Å²) in [6.07, 6.45) is 5.77. The predicted octanol–water partition coefficient (Wildman–Crippen LogP) is 2.66. The minimum Gasteiger partial charge on any atom is -0.395 e. The van der Waals surface area contributed by atoms with Gasteiger partial charge >= 0.3 is 0 Å². The van der Waals surface area contributed by atoms with Crippen molar-refractivity contribution in [2.45, 2.75) is 37.6 Å². The maximum atomic E-state index is 12.7. The Bertz CT molecular complexity index is 901. The van der Waals surface area contributed by atoms with Crippen LogP contribution in [-0.4, -0.2) is 29.4 Å². The molecule has 2 heterocycles. The van der Waals surface area contributed by atoms with E-state index in [9.17, 15) is 15.2 Å². The lowest BCUT2D eigenvalue weighted by Crippen LogP contribution is -2.45. The zero-order valence-electron chi connectivity index (χ0n) is 15.5. The minimum absolute atomic E-state index is 0.110. The van der Waals surface area contributed by atoms with E-state index < -0.39 is 0 Å². The first kappa shape index (κ1) is 17.8. The van der Waals surface area contributed by atoms with Crippen LogP contribution in [0.3, 0.4) is 0 Å². The molecule has 27 heavy (non-hydrogen) atoms. The zero-order chi connectivity index (χ0) is 18.9. The average Bonchev–Trinajstić information content (AvgIpc) is 3.54. The molecule has 0 radical (unpaired) electrons.